The number of aliphatic hydroxyl groups excluding tert-OH is 1. The van der Waals surface area contributed by atoms with Crippen molar-refractivity contribution in [2.75, 3.05) is 18.0 Å². The van der Waals surface area contributed by atoms with Crippen LogP contribution in [0.25, 0.3) is 11.0 Å². The average Bonchev–Trinajstić information content (AvgIpc) is 2.81. The van der Waals surface area contributed by atoms with Crippen LogP contribution in [0.1, 0.15) is 12.8 Å². The van der Waals surface area contributed by atoms with E-state index >= 15 is 0 Å². The van der Waals surface area contributed by atoms with Crippen LogP contribution in [0, 0.1) is 0 Å². The van der Waals surface area contributed by atoms with Gasteiger partial charge in [0.1, 0.15) is 6.54 Å². The molecule has 2 aromatic rings. The third-order valence-electron chi connectivity index (χ3n) is 3.74. The van der Waals surface area contributed by atoms with E-state index in [1.165, 1.54) is 0 Å². The molecule has 0 unspecified atom stereocenters. The lowest BCUT2D eigenvalue weighted by Gasteiger charge is -2.31. The van der Waals surface area contributed by atoms with E-state index in [-0.39, 0.29) is 12.6 Å². The normalized spacial score (nSPS) is 16.8. The second-order valence-electron chi connectivity index (χ2n) is 5.16. The number of hydrogen-bond acceptors (Lipinski definition) is 4. The van der Waals surface area contributed by atoms with E-state index in [0.29, 0.717) is 0 Å². The molecule has 1 aromatic carbocycles. The summed E-state index contributed by atoms with van der Waals surface area (Å²) >= 11 is 0. The number of carboxylic acid groups (broad SMARTS) is 1. The van der Waals surface area contributed by atoms with E-state index in [1.807, 2.05) is 18.2 Å². The van der Waals surface area contributed by atoms with Gasteiger partial charge in [0.25, 0.3) is 0 Å². The van der Waals surface area contributed by atoms with Crippen molar-refractivity contribution < 1.29 is 15.0 Å². The van der Waals surface area contributed by atoms with Crippen molar-refractivity contribution in [2.45, 2.75) is 25.5 Å². The maximum Gasteiger partial charge on any atom is 0.323 e. The number of piperidine rings is 1. The first-order valence-corrected chi connectivity index (χ1v) is 6.73. The van der Waals surface area contributed by atoms with Crippen LogP contribution in [0.3, 0.4) is 0 Å². The number of hydrogen-bond donors (Lipinski definition) is 2. The lowest BCUT2D eigenvalue weighted by Crippen LogP contribution is -2.35. The number of aliphatic hydroxyl groups is 1. The van der Waals surface area contributed by atoms with Gasteiger partial charge in [0, 0.05) is 18.8 Å². The Kier molecular flexibility index (Phi) is 3.31. The SMILES string of the molecule is O=C(O)Cn1cnc2cc(N3CCC(O)CC3)ccc21. The van der Waals surface area contributed by atoms with Crippen molar-refractivity contribution in [3.63, 3.8) is 0 Å². The summed E-state index contributed by atoms with van der Waals surface area (Å²) in [5.41, 5.74) is 2.70. The molecule has 0 amide bonds. The highest BCUT2D eigenvalue weighted by molar-refractivity contribution is 5.81. The Bertz CT molecular complexity index is 630. The van der Waals surface area contributed by atoms with E-state index in [9.17, 15) is 9.90 Å². The number of aromatic nitrogens is 2. The van der Waals surface area contributed by atoms with Gasteiger partial charge in [0.15, 0.2) is 0 Å². The van der Waals surface area contributed by atoms with Crippen LogP contribution in [0.4, 0.5) is 5.69 Å². The molecule has 20 heavy (non-hydrogen) atoms. The number of benzene rings is 1. The third-order valence-corrected chi connectivity index (χ3v) is 3.74. The van der Waals surface area contributed by atoms with Gasteiger partial charge in [0.05, 0.1) is 23.5 Å². The Labute approximate surface area is 116 Å². The largest absolute Gasteiger partial charge is 0.480 e. The van der Waals surface area contributed by atoms with Gasteiger partial charge in [-0.25, -0.2) is 4.98 Å². The van der Waals surface area contributed by atoms with Crippen molar-refractivity contribution in [2.24, 2.45) is 0 Å². The Hall–Kier alpha value is -2.08. The zero-order valence-corrected chi connectivity index (χ0v) is 11.1. The Morgan fingerprint density at radius 3 is 2.80 bits per heavy atom. The first-order chi connectivity index (χ1) is 9.63. The van der Waals surface area contributed by atoms with Crippen LogP contribution >= 0.6 is 0 Å². The van der Waals surface area contributed by atoms with Crippen LogP contribution in [0.15, 0.2) is 24.5 Å². The molecule has 106 valence electrons. The third kappa shape index (κ3) is 2.46. The van der Waals surface area contributed by atoms with Gasteiger partial charge in [-0.15, -0.1) is 0 Å². The summed E-state index contributed by atoms with van der Waals surface area (Å²) in [7, 11) is 0. The van der Waals surface area contributed by atoms with Gasteiger partial charge in [0.2, 0.25) is 0 Å². The molecule has 1 saturated heterocycles. The van der Waals surface area contributed by atoms with Crippen LogP contribution in [-0.4, -0.2) is 44.9 Å². The van der Waals surface area contributed by atoms with Gasteiger partial charge in [-0.3, -0.25) is 4.79 Å². The van der Waals surface area contributed by atoms with E-state index in [2.05, 4.69) is 9.88 Å². The minimum Gasteiger partial charge on any atom is -0.480 e. The molecule has 3 rings (SSSR count). The summed E-state index contributed by atoms with van der Waals surface area (Å²) in [5.74, 6) is -0.876. The van der Waals surface area contributed by atoms with E-state index in [4.69, 9.17) is 5.11 Å². The van der Waals surface area contributed by atoms with Crippen molar-refractivity contribution >= 4 is 22.7 Å². The summed E-state index contributed by atoms with van der Waals surface area (Å²) in [5, 5.41) is 18.4. The number of imidazole rings is 1. The predicted octanol–water partition coefficient (Wildman–Crippen LogP) is 1.08. The Balaban J connectivity index is 1.86. The number of nitrogens with zero attached hydrogens (tertiary/aromatic N) is 3. The first-order valence-electron chi connectivity index (χ1n) is 6.73. The number of fused-ring (bicyclic) bond motifs is 1. The molecule has 1 aromatic heterocycles. The lowest BCUT2D eigenvalue weighted by molar-refractivity contribution is -0.137. The second kappa shape index (κ2) is 5.13. The lowest BCUT2D eigenvalue weighted by atomic mass is 10.1. The smallest absolute Gasteiger partial charge is 0.323 e. The van der Waals surface area contributed by atoms with Crippen LogP contribution < -0.4 is 4.90 Å². The molecular weight excluding hydrogens is 258 g/mol. The highest BCUT2D eigenvalue weighted by Gasteiger charge is 2.18. The van der Waals surface area contributed by atoms with Crippen molar-refractivity contribution in [1.29, 1.82) is 0 Å². The van der Waals surface area contributed by atoms with Gasteiger partial charge in [-0.2, -0.15) is 0 Å². The molecule has 0 spiro atoms. The van der Waals surface area contributed by atoms with E-state index < -0.39 is 5.97 Å². The molecule has 2 heterocycles. The zero-order valence-electron chi connectivity index (χ0n) is 11.1. The van der Waals surface area contributed by atoms with Crippen molar-refractivity contribution in [3.8, 4) is 0 Å². The van der Waals surface area contributed by atoms with Crippen LogP contribution in [-0.2, 0) is 11.3 Å². The monoisotopic (exact) mass is 275 g/mol. The summed E-state index contributed by atoms with van der Waals surface area (Å²) in [4.78, 5) is 17.3. The standard InChI is InChI=1S/C14H17N3O3/c18-11-3-5-16(6-4-11)10-1-2-13-12(7-10)15-9-17(13)8-14(19)20/h1-2,7,9,11,18H,3-6,8H2,(H,19,20). The minimum absolute atomic E-state index is 0.0776. The summed E-state index contributed by atoms with van der Waals surface area (Å²) in [6, 6.07) is 5.87. The topological polar surface area (TPSA) is 78.6 Å². The molecule has 0 aliphatic carbocycles. The molecule has 6 nitrogen and oxygen atoms in total. The molecular formula is C14H17N3O3. The highest BCUT2D eigenvalue weighted by atomic mass is 16.4. The molecule has 0 saturated carbocycles. The number of carbonyl (C=O) groups is 1. The molecule has 1 aliphatic heterocycles. The van der Waals surface area contributed by atoms with Crippen molar-refractivity contribution in [1.82, 2.24) is 9.55 Å². The van der Waals surface area contributed by atoms with Gasteiger partial charge in [-0.05, 0) is 31.0 Å². The van der Waals surface area contributed by atoms with Gasteiger partial charge in [-0.1, -0.05) is 0 Å². The maximum atomic E-state index is 10.8. The van der Waals surface area contributed by atoms with Crippen LogP contribution in [0.5, 0.6) is 0 Å². The average molecular weight is 275 g/mol. The molecule has 1 fully saturated rings. The maximum absolute atomic E-state index is 10.8. The Morgan fingerprint density at radius 2 is 2.10 bits per heavy atom. The first kappa shape index (κ1) is 12.9. The highest BCUT2D eigenvalue weighted by Crippen LogP contribution is 2.24. The fourth-order valence-corrected chi connectivity index (χ4v) is 2.64. The molecule has 6 heteroatoms. The van der Waals surface area contributed by atoms with E-state index in [1.54, 1.807) is 10.9 Å². The molecule has 0 atom stereocenters. The zero-order chi connectivity index (χ0) is 14.1. The number of rotatable bonds is 3. The predicted molar refractivity (Wildman–Crippen MR) is 74.8 cm³/mol. The van der Waals surface area contributed by atoms with Gasteiger partial charge >= 0.3 is 5.97 Å². The van der Waals surface area contributed by atoms with Crippen LogP contribution in [0.2, 0.25) is 0 Å². The van der Waals surface area contributed by atoms with Crippen molar-refractivity contribution in [3.05, 3.63) is 24.5 Å². The second-order valence-corrected chi connectivity index (χ2v) is 5.16. The fourth-order valence-electron chi connectivity index (χ4n) is 2.64. The Morgan fingerprint density at radius 1 is 1.35 bits per heavy atom. The fraction of sp³-hybridized carbons (Fsp3) is 0.429. The molecule has 2 N–H and O–H groups in total. The minimum atomic E-state index is -0.876. The molecule has 0 bridgehead atoms. The van der Waals surface area contributed by atoms with E-state index in [0.717, 1.165) is 42.7 Å². The quantitative estimate of drug-likeness (QED) is 0.876. The summed E-state index contributed by atoms with van der Waals surface area (Å²) in [6.45, 7) is 1.59. The summed E-state index contributed by atoms with van der Waals surface area (Å²) < 4.78 is 1.63. The molecule has 1 aliphatic rings. The summed E-state index contributed by atoms with van der Waals surface area (Å²) in [6.07, 6.45) is 2.93. The van der Waals surface area contributed by atoms with Gasteiger partial charge < -0.3 is 19.7 Å². The number of carboxylic acids is 1. The molecule has 0 radical (unpaired) electrons. The number of aliphatic carboxylic acids is 1. The number of anilines is 1.